The van der Waals surface area contributed by atoms with Crippen molar-refractivity contribution in [2.75, 3.05) is 13.2 Å². The van der Waals surface area contributed by atoms with Crippen LogP contribution in [0.3, 0.4) is 0 Å². The molecule has 1 amide bonds. The highest BCUT2D eigenvalue weighted by atomic mass is 16.3. The SMILES string of the molecule is CCCC(CCO)CNC(=O)C1(C)CCCC1. The Morgan fingerprint density at radius 3 is 2.53 bits per heavy atom. The molecule has 1 aliphatic carbocycles. The van der Waals surface area contributed by atoms with Crippen LogP contribution in [0.4, 0.5) is 0 Å². The van der Waals surface area contributed by atoms with Gasteiger partial charge in [0.25, 0.3) is 0 Å². The molecule has 0 saturated heterocycles. The zero-order chi connectivity index (χ0) is 12.7. The highest BCUT2D eigenvalue weighted by Gasteiger charge is 2.36. The number of hydrogen-bond acceptors (Lipinski definition) is 2. The predicted molar refractivity (Wildman–Crippen MR) is 69.7 cm³/mol. The summed E-state index contributed by atoms with van der Waals surface area (Å²) < 4.78 is 0. The van der Waals surface area contributed by atoms with Crippen molar-refractivity contribution in [2.45, 2.75) is 58.8 Å². The molecule has 3 nitrogen and oxygen atoms in total. The van der Waals surface area contributed by atoms with Crippen molar-refractivity contribution in [2.24, 2.45) is 11.3 Å². The molecule has 1 rings (SSSR count). The van der Waals surface area contributed by atoms with Crippen LogP contribution < -0.4 is 5.32 Å². The van der Waals surface area contributed by atoms with Gasteiger partial charge in [-0.25, -0.2) is 0 Å². The van der Waals surface area contributed by atoms with Crippen LogP contribution in [0.15, 0.2) is 0 Å². The number of carbonyl (C=O) groups is 1. The van der Waals surface area contributed by atoms with Gasteiger partial charge in [-0.3, -0.25) is 4.79 Å². The van der Waals surface area contributed by atoms with Gasteiger partial charge >= 0.3 is 0 Å². The van der Waals surface area contributed by atoms with Gasteiger partial charge in [-0.2, -0.15) is 0 Å². The molecule has 0 aromatic carbocycles. The summed E-state index contributed by atoms with van der Waals surface area (Å²) in [5.41, 5.74) is -0.129. The van der Waals surface area contributed by atoms with Crippen LogP contribution >= 0.6 is 0 Å². The first kappa shape index (κ1) is 14.5. The van der Waals surface area contributed by atoms with Gasteiger partial charge in [0.2, 0.25) is 5.91 Å². The first-order chi connectivity index (χ1) is 8.12. The molecule has 1 saturated carbocycles. The largest absolute Gasteiger partial charge is 0.396 e. The Morgan fingerprint density at radius 2 is 2.00 bits per heavy atom. The molecule has 0 bridgehead atoms. The second-order valence-electron chi connectivity index (χ2n) is 5.64. The molecule has 2 N–H and O–H groups in total. The average Bonchev–Trinajstić information content (AvgIpc) is 2.74. The highest BCUT2D eigenvalue weighted by molar-refractivity contribution is 5.82. The lowest BCUT2D eigenvalue weighted by atomic mass is 9.87. The quantitative estimate of drug-likeness (QED) is 0.719. The third kappa shape index (κ3) is 4.30. The number of aliphatic hydroxyl groups excluding tert-OH is 1. The minimum Gasteiger partial charge on any atom is -0.396 e. The van der Waals surface area contributed by atoms with E-state index in [4.69, 9.17) is 5.11 Å². The van der Waals surface area contributed by atoms with Crippen molar-refractivity contribution in [3.05, 3.63) is 0 Å². The highest BCUT2D eigenvalue weighted by Crippen LogP contribution is 2.37. The van der Waals surface area contributed by atoms with Gasteiger partial charge < -0.3 is 10.4 Å². The third-order valence-electron chi connectivity index (χ3n) is 4.04. The van der Waals surface area contributed by atoms with E-state index in [1.807, 2.05) is 0 Å². The van der Waals surface area contributed by atoms with Gasteiger partial charge in [-0.05, 0) is 31.6 Å². The zero-order valence-electron chi connectivity index (χ0n) is 11.3. The van der Waals surface area contributed by atoms with E-state index in [1.54, 1.807) is 0 Å². The van der Waals surface area contributed by atoms with Crippen molar-refractivity contribution in [1.82, 2.24) is 5.32 Å². The minimum atomic E-state index is -0.129. The van der Waals surface area contributed by atoms with E-state index >= 15 is 0 Å². The number of rotatable bonds is 7. The van der Waals surface area contributed by atoms with Crippen molar-refractivity contribution in [3.63, 3.8) is 0 Å². The van der Waals surface area contributed by atoms with Gasteiger partial charge in [0.15, 0.2) is 0 Å². The van der Waals surface area contributed by atoms with Crippen LogP contribution in [0, 0.1) is 11.3 Å². The standard InChI is InChI=1S/C14H27NO2/c1-3-6-12(7-10-16)11-15-13(17)14(2)8-4-5-9-14/h12,16H,3-11H2,1-2H3,(H,15,17). The molecule has 1 unspecified atom stereocenters. The number of aliphatic hydroxyl groups is 1. The lowest BCUT2D eigenvalue weighted by molar-refractivity contribution is -0.130. The average molecular weight is 241 g/mol. The van der Waals surface area contributed by atoms with Crippen LogP contribution in [0.25, 0.3) is 0 Å². The number of carbonyl (C=O) groups excluding carboxylic acids is 1. The van der Waals surface area contributed by atoms with E-state index in [2.05, 4.69) is 19.2 Å². The first-order valence-electron chi connectivity index (χ1n) is 7.01. The summed E-state index contributed by atoms with van der Waals surface area (Å²) in [7, 11) is 0. The Morgan fingerprint density at radius 1 is 1.35 bits per heavy atom. The van der Waals surface area contributed by atoms with Gasteiger partial charge in [-0.15, -0.1) is 0 Å². The van der Waals surface area contributed by atoms with Crippen molar-refractivity contribution >= 4 is 5.91 Å². The summed E-state index contributed by atoms with van der Waals surface area (Å²) in [5, 5.41) is 12.1. The van der Waals surface area contributed by atoms with E-state index < -0.39 is 0 Å². The van der Waals surface area contributed by atoms with Crippen molar-refractivity contribution < 1.29 is 9.90 Å². The van der Waals surface area contributed by atoms with Crippen molar-refractivity contribution in [1.29, 1.82) is 0 Å². The zero-order valence-corrected chi connectivity index (χ0v) is 11.3. The molecular formula is C14H27NO2. The molecule has 17 heavy (non-hydrogen) atoms. The lowest BCUT2D eigenvalue weighted by Gasteiger charge is -2.24. The topological polar surface area (TPSA) is 49.3 Å². The number of nitrogens with one attached hydrogen (secondary N) is 1. The molecule has 0 aromatic rings. The fourth-order valence-electron chi connectivity index (χ4n) is 2.77. The van der Waals surface area contributed by atoms with Gasteiger partial charge in [0.1, 0.15) is 0 Å². The summed E-state index contributed by atoms with van der Waals surface area (Å²) in [6, 6.07) is 0. The number of amides is 1. The summed E-state index contributed by atoms with van der Waals surface area (Å²) in [6.07, 6.45) is 7.40. The maximum Gasteiger partial charge on any atom is 0.225 e. The minimum absolute atomic E-state index is 0.129. The molecular weight excluding hydrogens is 214 g/mol. The Hall–Kier alpha value is -0.570. The van der Waals surface area contributed by atoms with E-state index in [1.165, 1.54) is 12.8 Å². The second kappa shape index (κ2) is 7.00. The number of hydrogen-bond donors (Lipinski definition) is 2. The fraction of sp³-hybridized carbons (Fsp3) is 0.929. The fourth-order valence-corrected chi connectivity index (χ4v) is 2.77. The van der Waals surface area contributed by atoms with Crippen LogP contribution in [0.2, 0.25) is 0 Å². The molecule has 0 heterocycles. The summed E-state index contributed by atoms with van der Waals surface area (Å²) >= 11 is 0. The molecule has 100 valence electrons. The first-order valence-corrected chi connectivity index (χ1v) is 7.01. The lowest BCUT2D eigenvalue weighted by Crippen LogP contribution is -2.39. The van der Waals surface area contributed by atoms with Gasteiger partial charge in [0.05, 0.1) is 0 Å². The Bertz CT molecular complexity index is 228. The Labute approximate surface area is 105 Å². The monoisotopic (exact) mass is 241 g/mol. The molecule has 1 atom stereocenters. The van der Waals surface area contributed by atoms with Gasteiger partial charge in [-0.1, -0.05) is 33.1 Å². The maximum atomic E-state index is 12.1. The van der Waals surface area contributed by atoms with E-state index in [0.29, 0.717) is 5.92 Å². The Balaban J connectivity index is 2.34. The molecule has 1 fully saturated rings. The smallest absolute Gasteiger partial charge is 0.225 e. The molecule has 3 heteroatoms. The van der Waals surface area contributed by atoms with Crippen LogP contribution in [-0.4, -0.2) is 24.2 Å². The third-order valence-corrected chi connectivity index (χ3v) is 4.04. The predicted octanol–water partition coefficient (Wildman–Crippen LogP) is 2.48. The van der Waals surface area contributed by atoms with E-state index in [-0.39, 0.29) is 17.9 Å². The molecule has 1 aliphatic rings. The summed E-state index contributed by atoms with van der Waals surface area (Å²) in [6.45, 7) is 5.17. The molecule has 0 radical (unpaired) electrons. The Kier molecular flexibility index (Phi) is 5.96. The normalized spacial score (nSPS) is 20.2. The maximum absolute atomic E-state index is 12.1. The second-order valence-corrected chi connectivity index (χ2v) is 5.64. The van der Waals surface area contributed by atoms with Crippen LogP contribution in [0.5, 0.6) is 0 Å². The van der Waals surface area contributed by atoms with Crippen molar-refractivity contribution in [3.8, 4) is 0 Å². The van der Waals surface area contributed by atoms with Crippen LogP contribution in [0.1, 0.15) is 58.8 Å². The summed E-state index contributed by atoms with van der Waals surface area (Å²) in [5.74, 6) is 0.646. The van der Waals surface area contributed by atoms with Gasteiger partial charge in [0, 0.05) is 18.6 Å². The summed E-state index contributed by atoms with van der Waals surface area (Å²) in [4.78, 5) is 12.1. The van der Waals surface area contributed by atoms with E-state index in [9.17, 15) is 4.79 Å². The molecule has 0 aromatic heterocycles. The molecule has 0 aliphatic heterocycles. The molecule has 0 spiro atoms. The van der Waals surface area contributed by atoms with E-state index in [0.717, 1.165) is 38.6 Å². The van der Waals surface area contributed by atoms with Crippen LogP contribution in [-0.2, 0) is 4.79 Å².